The summed E-state index contributed by atoms with van der Waals surface area (Å²) in [6.45, 7) is 5.91. The molecule has 0 bridgehead atoms. The van der Waals surface area contributed by atoms with Crippen molar-refractivity contribution in [1.29, 1.82) is 0 Å². The van der Waals surface area contributed by atoms with Gasteiger partial charge in [0.25, 0.3) is 6.47 Å². The predicted octanol–water partition coefficient (Wildman–Crippen LogP) is 3.13. The third-order valence-electron chi connectivity index (χ3n) is 3.54. The third kappa shape index (κ3) is 3.74. The summed E-state index contributed by atoms with van der Waals surface area (Å²) in [6.07, 6.45) is 2.40. The van der Waals surface area contributed by atoms with Gasteiger partial charge in [-0.15, -0.1) is 0 Å². The van der Waals surface area contributed by atoms with Crippen molar-refractivity contribution in [3.05, 3.63) is 29.8 Å². The molecule has 2 rings (SSSR count). The molecule has 0 saturated heterocycles. The van der Waals surface area contributed by atoms with Crippen LogP contribution < -0.4 is 10.1 Å². The van der Waals surface area contributed by atoms with Gasteiger partial charge in [0.05, 0.1) is 5.54 Å². The number of ether oxygens (including phenoxy) is 2. The van der Waals surface area contributed by atoms with Crippen LogP contribution in [0.1, 0.15) is 45.6 Å². The van der Waals surface area contributed by atoms with Gasteiger partial charge in [-0.05, 0) is 57.7 Å². The van der Waals surface area contributed by atoms with Crippen LogP contribution in [0.4, 0.5) is 4.79 Å². The van der Waals surface area contributed by atoms with E-state index in [0.29, 0.717) is 12.2 Å². The maximum atomic E-state index is 12.0. The topological polar surface area (TPSA) is 64.6 Å². The highest BCUT2D eigenvalue weighted by Gasteiger charge is 2.41. The van der Waals surface area contributed by atoms with E-state index in [9.17, 15) is 9.59 Å². The molecule has 5 heteroatoms. The Hall–Kier alpha value is -2.04. The van der Waals surface area contributed by atoms with E-state index in [4.69, 9.17) is 9.47 Å². The summed E-state index contributed by atoms with van der Waals surface area (Å²) in [4.78, 5) is 22.3. The summed E-state index contributed by atoms with van der Waals surface area (Å²) in [6, 6.07) is 7.19. The normalized spacial score (nSPS) is 16.5. The summed E-state index contributed by atoms with van der Waals surface area (Å²) in [7, 11) is 0. The Labute approximate surface area is 124 Å². The highest BCUT2D eigenvalue weighted by molar-refractivity contribution is 5.69. The van der Waals surface area contributed by atoms with Gasteiger partial charge in [-0.1, -0.05) is 12.1 Å². The van der Waals surface area contributed by atoms with E-state index in [1.54, 1.807) is 12.1 Å². The molecule has 0 aliphatic heterocycles. The molecule has 1 aliphatic carbocycles. The summed E-state index contributed by atoms with van der Waals surface area (Å²) in [5.41, 5.74) is 0.108. The third-order valence-corrected chi connectivity index (χ3v) is 3.54. The van der Waals surface area contributed by atoms with Gasteiger partial charge in [-0.2, -0.15) is 0 Å². The Morgan fingerprint density at radius 3 is 2.29 bits per heavy atom. The Balaban J connectivity index is 2.10. The quantitative estimate of drug-likeness (QED) is 0.866. The van der Waals surface area contributed by atoms with Crippen LogP contribution in [0.25, 0.3) is 0 Å². The Bertz CT molecular complexity index is 512. The van der Waals surface area contributed by atoms with Crippen LogP contribution in [0.15, 0.2) is 24.3 Å². The summed E-state index contributed by atoms with van der Waals surface area (Å²) >= 11 is 0. The van der Waals surface area contributed by atoms with Crippen LogP contribution in [0.2, 0.25) is 0 Å². The molecule has 0 spiro atoms. The first-order valence-corrected chi connectivity index (χ1v) is 7.07. The van der Waals surface area contributed by atoms with Crippen molar-refractivity contribution in [1.82, 2.24) is 5.32 Å². The van der Waals surface area contributed by atoms with Crippen molar-refractivity contribution < 1.29 is 19.1 Å². The van der Waals surface area contributed by atoms with Gasteiger partial charge in [0, 0.05) is 0 Å². The minimum Gasteiger partial charge on any atom is -0.444 e. The lowest BCUT2D eigenvalue weighted by atomic mass is 9.72. The lowest BCUT2D eigenvalue weighted by Gasteiger charge is -2.43. The van der Waals surface area contributed by atoms with Gasteiger partial charge in [0.15, 0.2) is 0 Å². The summed E-state index contributed by atoms with van der Waals surface area (Å²) < 4.78 is 10.1. The number of alkyl carbamates (subject to hydrolysis) is 1. The van der Waals surface area contributed by atoms with E-state index >= 15 is 0 Å². The van der Waals surface area contributed by atoms with Crippen molar-refractivity contribution in [2.24, 2.45) is 0 Å². The van der Waals surface area contributed by atoms with Gasteiger partial charge in [-0.3, -0.25) is 4.79 Å². The minimum absolute atomic E-state index is 0.373. The van der Waals surface area contributed by atoms with Crippen molar-refractivity contribution in [3.63, 3.8) is 0 Å². The Kier molecular flexibility index (Phi) is 4.21. The largest absolute Gasteiger partial charge is 0.444 e. The van der Waals surface area contributed by atoms with Crippen LogP contribution in [-0.2, 0) is 15.1 Å². The maximum absolute atomic E-state index is 12.0. The van der Waals surface area contributed by atoms with E-state index in [1.807, 2.05) is 32.9 Å². The zero-order valence-corrected chi connectivity index (χ0v) is 12.6. The number of rotatable bonds is 4. The van der Waals surface area contributed by atoms with Crippen LogP contribution in [0, 0.1) is 0 Å². The second-order valence-corrected chi connectivity index (χ2v) is 6.30. The first-order valence-electron chi connectivity index (χ1n) is 7.07. The highest BCUT2D eigenvalue weighted by Crippen LogP contribution is 2.41. The minimum atomic E-state index is -0.517. The lowest BCUT2D eigenvalue weighted by molar-refractivity contribution is -0.120. The number of amides is 1. The highest BCUT2D eigenvalue weighted by atomic mass is 16.6. The van der Waals surface area contributed by atoms with E-state index in [2.05, 4.69) is 5.32 Å². The second-order valence-electron chi connectivity index (χ2n) is 6.30. The predicted molar refractivity (Wildman–Crippen MR) is 78.0 cm³/mol. The number of carbonyl (C=O) groups excluding carboxylic acids is 2. The van der Waals surface area contributed by atoms with Crippen LogP contribution in [0.3, 0.4) is 0 Å². The van der Waals surface area contributed by atoms with E-state index in [0.717, 1.165) is 24.8 Å². The fourth-order valence-corrected chi connectivity index (χ4v) is 2.42. The molecule has 1 saturated carbocycles. The van der Waals surface area contributed by atoms with E-state index in [-0.39, 0.29) is 5.54 Å². The molecule has 0 unspecified atom stereocenters. The molecular weight excluding hydrogens is 270 g/mol. The van der Waals surface area contributed by atoms with Crippen molar-refractivity contribution >= 4 is 12.6 Å². The first kappa shape index (κ1) is 15.4. The fourth-order valence-electron chi connectivity index (χ4n) is 2.42. The van der Waals surface area contributed by atoms with Crippen LogP contribution >= 0.6 is 0 Å². The Morgan fingerprint density at radius 2 is 1.86 bits per heavy atom. The molecule has 0 radical (unpaired) electrons. The smallest absolute Gasteiger partial charge is 0.408 e. The average Bonchev–Trinajstić information content (AvgIpc) is 2.33. The van der Waals surface area contributed by atoms with Crippen molar-refractivity contribution in [3.8, 4) is 5.75 Å². The molecule has 0 aromatic heterocycles. The van der Waals surface area contributed by atoms with Gasteiger partial charge in [0.2, 0.25) is 0 Å². The SMILES string of the molecule is CC(C)(C)OC(=O)NC1(c2ccc(OC=O)cc2)CCC1. The molecular formula is C16H21NO4. The standard InChI is InChI=1S/C16H21NO4/c1-15(2,3)21-14(19)17-16(9-4-10-16)12-5-7-13(8-6-12)20-11-18/h5-8,11H,4,9-10H2,1-3H3,(H,17,19). The molecule has 1 amide bonds. The van der Waals surface area contributed by atoms with Crippen molar-refractivity contribution in [2.75, 3.05) is 0 Å². The average molecular weight is 291 g/mol. The number of hydrogen-bond donors (Lipinski definition) is 1. The first-order chi connectivity index (χ1) is 9.85. The van der Waals surface area contributed by atoms with Crippen molar-refractivity contribution in [2.45, 2.75) is 51.2 Å². The molecule has 114 valence electrons. The van der Waals surface area contributed by atoms with Crippen LogP contribution in [-0.4, -0.2) is 18.2 Å². The summed E-state index contributed by atoms with van der Waals surface area (Å²) in [5, 5.41) is 2.98. The molecule has 5 nitrogen and oxygen atoms in total. The molecule has 21 heavy (non-hydrogen) atoms. The molecule has 1 aliphatic rings. The molecule has 1 aromatic rings. The number of hydrogen-bond acceptors (Lipinski definition) is 4. The fraction of sp³-hybridized carbons (Fsp3) is 0.500. The lowest BCUT2D eigenvalue weighted by Crippen LogP contribution is -2.52. The Morgan fingerprint density at radius 1 is 1.24 bits per heavy atom. The monoisotopic (exact) mass is 291 g/mol. The zero-order chi connectivity index (χ0) is 15.5. The second kappa shape index (κ2) is 5.76. The zero-order valence-electron chi connectivity index (χ0n) is 12.6. The van der Waals surface area contributed by atoms with E-state index < -0.39 is 11.7 Å². The van der Waals surface area contributed by atoms with Crippen LogP contribution in [0.5, 0.6) is 5.75 Å². The molecule has 0 atom stereocenters. The van der Waals surface area contributed by atoms with Gasteiger partial charge in [0.1, 0.15) is 11.4 Å². The van der Waals surface area contributed by atoms with Gasteiger partial charge >= 0.3 is 6.09 Å². The number of carbonyl (C=O) groups is 2. The van der Waals surface area contributed by atoms with E-state index in [1.165, 1.54) is 0 Å². The maximum Gasteiger partial charge on any atom is 0.408 e. The number of benzene rings is 1. The molecule has 0 heterocycles. The number of nitrogens with one attached hydrogen (secondary N) is 1. The van der Waals surface area contributed by atoms with Gasteiger partial charge < -0.3 is 14.8 Å². The summed E-state index contributed by atoms with van der Waals surface area (Å²) in [5.74, 6) is 0.487. The molecule has 1 N–H and O–H groups in total. The molecule has 1 fully saturated rings. The molecule has 1 aromatic carbocycles. The van der Waals surface area contributed by atoms with Gasteiger partial charge in [-0.25, -0.2) is 4.79 Å².